The molecule has 1 aromatic rings. The number of carbonyl (C=O) groups is 1. The first kappa shape index (κ1) is 16.0. The zero-order chi connectivity index (χ0) is 16.5. The van der Waals surface area contributed by atoms with Crippen molar-refractivity contribution >= 4 is 5.97 Å². The number of hydrogen-bond acceptors (Lipinski definition) is 6. The predicted molar refractivity (Wildman–Crippen MR) is 85.2 cm³/mol. The van der Waals surface area contributed by atoms with Gasteiger partial charge in [0, 0.05) is 0 Å². The molecule has 0 aliphatic carbocycles. The molecule has 0 bridgehead atoms. The third kappa shape index (κ3) is 3.07. The van der Waals surface area contributed by atoms with Crippen LogP contribution in [0.4, 0.5) is 0 Å². The SMILES string of the molecule is COC(=O)[C@@H]1CCCN1[C@H]1CO[C@H](OCc2ccccc2)[C@@H]2O[C@@H]21. The second-order valence-corrected chi connectivity index (χ2v) is 6.55. The third-order valence-electron chi connectivity index (χ3n) is 5.09. The standard InChI is InChI=1S/C18H23NO5/c1-21-17(20)13-8-5-9-19(13)14-11-23-18(16-15(14)24-16)22-10-12-6-3-2-4-7-12/h2-4,6-7,13-16,18H,5,8-11H2,1H3/t13-,14-,15+,16+,18-/m0/s1. The van der Waals surface area contributed by atoms with E-state index in [0.717, 1.165) is 24.9 Å². The molecule has 0 amide bonds. The minimum absolute atomic E-state index is 0.0358. The van der Waals surface area contributed by atoms with Crippen LogP contribution in [0.5, 0.6) is 0 Å². The van der Waals surface area contributed by atoms with Crippen molar-refractivity contribution in [2.75, 3.05) is 20.3 Å². The van der Waals surface area contributed by atoms with Crippen molar-refractivity contribution in [3.8, 4) is 0 Å². The Morgan fingerprint density at radius 2 is 2.12 bits per heavy atom. The Balaban J connectivity index is 1.33. The number of carbonyl (C=O) groups excluding carboxylic acids is 1. The first-order valence-electron chi connectivity index (χ1n) is 8.54. The second kappa shape index (κ2) is 6.80. The van der Waals surface area contributed by atoms with Gasteiger partial charge in [-0.3, -0.25) is 9.69 Å². The number of epoxide rings is 1. The summed E-state index contributed by atoms with van der Waals surface area (Å²) in [5, 5.41) is 0. The minimum Gasteiger partial charge on any atom is -0.468 e. The molecule has 3 heterocycles. The topological polar surface area (TPSA) is 60.5 Å². The van der Waals surface area contributed by atoms with Crippen molar-refractivity contribution in [2.45, 2.75) is 50.0 Å². The number of fused-ring (bicyclic) bond motifs is 1. The van der Waals surface area contributed by atoms with Gasteiger partial charge >= 0.3 is 5.97 Å². The van der Waals surface area contributed by atoms with Crippen molar-refractivity contribution < 1.29 is 23.7 Å². The van der Waals surface area contributed by atoms with Crippen LogP contribution in [0.15, 0.2) is 30.3 Å². The van der Waals surface area contributed by atoms with Crippen molar-refractivity contribution in [3.63, 3.8) is 0 Å². The Morgan fingerprint density at radius 1 is 1.29 bits per heavy atom. The molecule has 4 rings (SSSR count). The van der Waals surface area contributed by atoms with Gasteiger partial charge in [-0.05, 0) is 24.9 Å². The highest BCUT2D eigenvalue weighted by molar-refractivity contribution is 5.76. The molecule has 0 spiro atoms. The maximum Gasteiger partial charge on any atom is 0.323 e. The predicted octanol–water partition coefficient (Wildman–Crippen LogP) is 1.33. The molecule has 24 heavy (non-hydrogen) atoms. The molecule has 0 unspecified atom stereocenters. The van der Waals surface area contributed by atoms with Gasteiger partial charge in [0.05, 0.1) is 26.4 Å². The summed E-state index contributed by atoms with van der Waals surface area (Å²) in [6.45, 7) is 1.92. The third-order valence-corrected chi connectivity index (χ3v) is 5.09. The van der Waals surface area contributed by atoms with E-state index >= 15 is 0 Å². The summed E-state index contributed by atoms with van der Waals surface area (Å²) in [7, 11) is 1.44. The fourth-order valence-corrected chi connectivity index (χ4v) is 3.80. The van der Waals surface area contributed by atoms with Crippen LogP contribution in [0.1, 0.15) is 18.4 Å². The number of hydrogen-bond donors (Lipinski definition) is 0. The van der Waals surface area contributed by atoms with Crippen LogP contribution in [0, 0.1) is 0 Å². The number of nitrogens with zero attached hydrogens (tertiary/aromatic N) is 1. The number of likely N-dealkylation sites (tertiary alicyclic amines) is 1. The molecule has 6 nitrogen and oxygen atoms in total. The average molecular weight is 333 g/mol. The summed E-state index contributed by atoms with van der Waals surface area (Å²) in [5.41, 5.74) is 1.12. The first-order chi connectivity index (χ1) is 11.8. The number of methoxy groups -OCH3 is 1. The van der Waals surface area contributed by atoms with Crippen molar-refractivity contribution in [1.29, 1.82) is 0 Å². The van der Waals surface area contributed by atoms with Gasteiger partial charge in [0.15, 0.2) is 6.29 Å². The largest absolute Gasteiger partial charge is 0.468 e. The van der Waals surface area contributed by atoms with Crippen LogP contribution in [-0.4, -0.2) is 61.7 Å². The molecular weight excluding hydrogens is 310 g/mol. The van der Waals surface area contributed by atoms with Crippen molar-refractivity contribution in [3.05, 3.63) is 35.9 Å². The second-order valence-electron chi connectivity index (χ2n) is 6.55. The summed E-state index contributed by atoms with van der Waals surface area (Å²) in [5.74, 6) is -0.160. The summed E-state index contributed by atoms with van der Waals surface area (Å²) < 4.78 is 22.5. The Morgan fingerprint density at radius 3 is 2.92 bits per heavy atom. The highest BCUT2D eigenvalue weighted by Gasteiger charge is 2.58. The highest BCUT2D eigenvalue weighted by Crippen LogP contribution is 2.39. The van der Waals surface area contributed by atoms with Crippen LogP contribution in [0.25, 0.3) is 0 Å². The molecule has 5 atom stereocenters. The normalized spacial score (nSPS) is 35.5. The number of esters is 1. The molecule has 0 saturated carbocycles. The maximum absolute atomic E-state index is 11.9. The van der Waals surface area contributed by atoms with Gasteiger partial charge in [0.1, 0.15) is 18.2 Å². The number of ether oxygens (including phenoxy) is 4. The van der Waals surface area contributed by atoms with Gasteiger partial charge in [-0.2, -0.15) is 0 Å². The Bertz CT molecular complexity index is 580. The van der Waals surface area contributed by atoms with E-state index in [1.165, 1.54) is 7.11 Å². The van der Waals surface area contributed by atoms with E-state index in [0.29, 0.717) is 13.2 Å². The molecule has 3 aliphatic rings. The first-order valence-corrected chi connectivity index (χ1v) is 8.54. The fourth-order valence-electron chi connectivity index (χ4n) is 3.80. The average Bonchev–Trinajstić information content (AvgIpc) is 3.29. The summed E-state index contributed by atoms with van der Waals surface area (Å²) >= 11 is 0. The smallest absolute Gasteiger partial charge is 0.323 e. The number of rotatable bonds is 5. The van der Waals surface area contributed by atoms with E-state index in [-0.39, 0.29) is 36.6 Å². The van der Waals surface area contributed by atoms with Crippen molar-refractivity contribution in [1.82, 2.24) is 4.90 Å². The molecule has 0 radical (unpaired) electrons. The molecule has 0 N–H and O–H groups in total. The molecular formula is C18H23NO5. The Kier molecular flexibility index (Phi) is 4.54. The highest BCUT2D eigenvalue weighted by atomic mass is 16.7. The van der Waals surface area contributed by atoms with Crippen LogP contribution in [-0.2, 0) is 30.3 Å². The van der Waals surface area contributed by atoms with Crippen LogP contribution < -0.4 is 0 Å². The zero-order valence-corrected chi connectivity index (χ0v) is 13.8. The molecule has 6 heteroatoms. The van der Waals surface area contributed by atoms with E-state index < -0.39 is 0 Å². The Hall–Kier alpha value is -1.47. The molecule has 0 aromatic heterocycles. The number of benzene rings is 1. The fraction of sp³-hybridized carbons (Fsp3) is 0.611. The lowest BCUT2D eigenvalue weighted by molar-refractivity contribution is -0.178. The summed E-state index contributed by atoms with van der Waals surface area (Å²) in [4.78, 5) is 14.1. The molecule has 3 fully saturated rings. The zero-order valence-electron chi connectivity index (χ0n) is 13.8. The van der Waals surface area contributed by atoms with E-state index in [9.17, 15) is 4.79 Å². The maximum atomic E-state index is 11.9. The van der Waals surface area contributed by atoms with Gasteiger partial charge in [0.25, 0.3) is 0 Å². The quantitative estimate of drug-likeness (QED) is 0.598. The molecule has 3 saturated heterocycles. The Labute approximate surface area is 141 Å². The van der Waals surface area contributed by atoms with Gasteiger partial charge in [-0.25, -0.2) is 0 Å². The van der Waals surface area contributed by atoms with E-state index in [1.54, 1.807) is 0 Å². The van der Waals surface area contributed by atoms with Gasteiger partial charge in [-0.15, -0.1) is 0 Å². The van der Waals surface area contributed by atoms with Gasteiger partial charge in [0.2, 0.25) is 0 Å². The van der Waals surface area contributed by atoms with E-state index in [4.69, 9.17) is 18.9 Å². The summed E-state index contributed by atoms with van der Waals surface area (Å²) in [6, 6.07) is 9.97. The molecule has 1 aromatic carbocycles. The lowest BCUT2D eigenvalue weighted by Crippen LogP contribution is -2.52. The van der Waals surface area contributed by atoms with Crippen molar-refractivity contribution in [2.24, 2.45) is 0 Å². The van der Waals surface area contributed by atoms with E-state index in [2.05, 4.69) is 4.90 Å². The molecule has 3 aliphatic heterocycles. The summed E-state index contributed by atoms with van der Waals surface area (Å²) in [6.07, 6.45) is 1.57. The molecule has 130 valence electrons. The lowest BCUT2D eigenvalue weighted by atomic mass is 10.1. The van der Waals surface area contributed by atoms with Gasteiger partial charge < -0.3 is 18.9 Å². The van der Waals surface area contributed by atoms with Gasteiger partial charge in [-0.1, -0.05) is 30.3 Å². The lowest BCUT2D eigenvalue weighted by Gasteiger charge is -2.34. The monoisotopic (exact) mass is 333 g/mol. The van der Waals surface area contributed by atoms with Crippen LogP contribution in [0.3, 0.4) is 0 Å². The van der Waals surface area contributed by atoms with E-state index in [1.807, 2.05) is 30.3 Å². The van der Waals surface area contributed by atoms with Crippen LogP contribution in [0.2, 0.25) is 0 Å². The van der Waals surface area contributed by atoms with Crippen LogP contribution >= 0.6 is 0 Å². The minimum atomic E-state index is -0.328.